The lowest BCUT2D eigenvalue weighted by Crippen LogP contribution is -1.89. The summed E-state index contributed by atoms with van der Waals surface area (Å²) in [4.78, 5) is 4.29. The molecule has 0 radical (unpaired) electrons. The molecule has 0 saturated carbocycles. The van der Waals surface area contributed by atoms with Crippen LogP contribution in [0.5, 0.6) is 0 Å². The highest BCUT2D eigenvalue weighted by molar-refractivity contribution is 5.45. The summed E-state index contributed by atoms with van der Waals surface area (Å²) < 4.78 is 5.17. The van der Waals surface area contributed by atoms with Gasteiger partial charge in [-0.1, -0.05) is 13.8 Å². The minimum atomic E-state index is 0.358. The number of hydrogen-bond acceptors (Lipinski definition) is 3. The summed E-state index contributed by atoms with van der Waals surface area (Å²) in [7, 11) is 0. The van der Waals surface area contributed by atoms with Crippen molar-refractivity contribution < 1.29 is 4.42 Å². The van der Waals surface area contributed by atoms with Crippen molar-refractivity contribution in [1.82, 2.24) is 15.2 Å². The fraction of sp³-hybridized carbons (Fsp3) is 0.333. The summed E-state index contributed by atoms with van der Waals surface area (Å²) in [6.45, 7) is 4.12. The average molecular weight is 177 g/mol. The molecule has 4 nitrogen and oxygen atoms in total. The maximum absolute atomic E-state index is 5.17. The molecule has 0 fully saturated rings. The van der Waals surface area contributed by atoms with Crippen molar-refractivity contribution in [3.05, 3.63) is 24.2 Å². The minimum Gasteiger partial charge on any atom is -0.461 e. The highest BCUT2D eigenvalue weighted by Crippen LogP contribution is 2.17. The van der Waals surface area contributed by atoms with Crippen molar-refractivity contribution in [1.29, 1.82) is 0 Å². The van der Waals surface area contributed by atoms with Gasteiger partial charge >= 0.3 is 0 Å². The van der Waals surface area contributed by atoms with Gasteiger partial charge in [-0.3, -0.25) is 5.10 Å². The largest absolute Gasteiger partial charge is 0.461 e. The van der Waals surface area contributed by atoms with E-state index in [1.54, 1.807) is 6.26 Å². The van der Waals surface area contributed by atoms with Gasteiger partial charge < -0.3 is 4.42 Å². The first-order valence-electron chi connectivity index (χ1n) is 4.23. The first-order chi connectivity index (χ1) is 6.27. The Labute approximate surface area is 76.0 Å². The zero-order valence-corrected chi connectivity index (χ0v) is 7.61. The van der Waals surface area contributed by atoms with E-state index in [0.29, 0.717) is 17.5 Å². The molecule has 0 aliphatic heterocycles. The third-order valence-corrected chi connectivity index (χ3v) is 1.79. The lowest BCUT2D eigenvalue weighted by molar-refractivity contribution is 0.577. The number of hydrogen-bond donors (Lipinski definition) is 1. The molecule has 0 bridgehead atoms. The molecule has 0 amide bonds. The molecule has 2 aromatic rings. The molecule has 0 aliphatic rings. The van der Waals surface area contributed by atoms with Crippen LogP contribution in [0.2, 0.25) is 0 Å². The summed E-state index contributed by atoms with van der Waals surface area (Å²) >= 11 is 0. The molecular formula is C9H11N3O. The minimum absolute atomic E-state index is 0.358. The second-order valence-corrected chi connectivity index (χ2v) is 3.18. The number of rotatable bonds is 2. The number of nitrogens with zero attached hydrogens (tertiary/aromatic N) is 2. The normalized spacial score (nSPS) is 11.0. The number of aromatic amines is 1. The van der Waals surface area contributed by atoms with E-state index in [4.69, 9.17) is 4.42 Å². The maximum atomic E-state index is 5.17. The van der Waals surface area contributed by atoms with E-state index in [0.717, 1.165) is 5.82 Å². The quantitative estimate of drug-likeness (QED) is 0.764. The van der Waals surface area contributed by atoms with E-state index >= 15 is 0 Å². The Morgan fingerprint density at radius 2 is 2.31 bits per heavy atom. The van der Waals surface area contributed by atoms with Gasteiger partial charge in [0.25, 0.3) is 0 Å². The summed E-state index contributed by atoms with van der Waals surface area (Å²) in [6.07, 6.45) is 1.61. The molecule has 0 atom stereocenters. The fourth-order valence-corrected chi connectivity index (χ4v) is 1.05. The lowest BCUT2D eigenvalue weighted by Gasteiger charge is -1.94. The molecule has 0 saturated heterocycles. The molecule has 2 aromatic heterocycles. The van der Waals surface area contributed by atoms with Gasteiger partial charge in [-0.25, -0.2) is 4.98 Å². The molecular weight excluding hydrogens is 166 g/mol. The van der Waals surface area contributed by atoms with Crippen LogP contribution in [-0.2, 0) is 0 Å². The van der Waals surface area contributed by atoms with Crippen LogP contribution in [0, 0.1) is 0 Å². The predicted molar refractivity (Wildman–Crippen MR) is 48.2 cm³/mol. The van der Waals surface area contributed by atoms with Crippen LogP contribution in [0.3, 0.4) is 0 Å². The number of furan rings is 1. The molecule has 0 unspecified atom stereocenters. The van der Waals surface area contributed by atoms with Gasteiger partial charge in [-0.2, -0.15) is 5.10 Å². The van der Waals surface area contributed by atoms with Gasteiger partial charge in [-0.15, -0.1) is 0 Å². The SMILES string of the molecule is CC(C)c1nc(-c2ccco2)n[nH]1. The standard InChI is InChI=1S/C9H11N3O/c1-6(2)8-10-9(12-11-8)7-4-3-5-13-7/h3-6H,1-2H3,(H,10,11,12). The zero-order valence-electron chi connectivity index (χ0n) is 7.61. The van der Waals surface area contributed by atoms with Crippen molar-refractivity contribution >= 4 is 0 Å². The lowest BCUT2D eigenvalue weighted by atomic mass is 10.2. The molecule has 4 heteroatoms. The van der Waals surface area contributed by atoms with E-state index in [-0.39, 0.29) is 0 Å². The van der Waals surface area contributed by atoms with Gasteiger partial charge in [0.05, 0.1) is 6.26 Å². The molecule has 1 N–H and O–H groups in total. The Balaban J connectivity index is 2.33. The van der Waals surface area contributed by atoms with Crippen LogP contribution in [0.15, 0.2) is 22.8 Å². The Bertz CT molecular complexity index is 375. The molecule has 2 heterocycles. The Morgan fingerprint density at radius 3 is 2.85 bits per heavy atom. The highest BCUT2D eigenvalue weighted by atomic mass is 16.3. The summed E-state index contributed by atoms with van der Waals surface area (Å²) in [5.41, 5.74) is 0. The smallest absolute Gasteiger partial charge is 0.216 e. The predicted octanol–water partition coefficient (Wildman–Crippen LogP) is 2.19. The second-order valence-electron chi connectivity index (χ2n) is 3.18. The van der Waals surface area contributed by atoms with Crippen molar-refractivity contribution in [2.45, 2.75) is 19.8 Å². The van der Waals surface area contributed by atoms with E-state index in [1.807, 2.05) is 12.1 Å². The van der Waals surface area contributed by atoms with Crippen LogP contribution in [0.25, 0.3) is 11.6 Å². The van der Waals surface area contributed by atoms with Crippen LogP contribution in [-0.4, -0.2) is 15.2 Å². The van der Waals surface area contributed by atoms with E-state index < -0.39 is 0 Å². The van der Waals surface area contributed by atoms with E-state index in [2.05, 4.69) is 29.0 Å². The third kappa shape index (κ3) is 1.47. The third-order valence-electron chi connectivity index (χ3n) is 1.79. The maximum Gasteiger partial charge on any atom is 0.216 e. The van der Waals surface area contributed by atoms with E-state index in [9.17, 15) is 0 Å². The van der Waals surface area contributed by atoms with Crippen LogP contribution < -0.4 is 0 Å². The monoisotopic (exact) mass is 177 g/mol. The Morgan fingerprint density at radius 1 is 1.46 bits per heavy atom. The van der Waals surface area contributed by atoms with E-state index in [1.165, 1.54) is 0 Å². The summed E-state index contributed by atoms with van der Waals surface area (Å²) in [5.74, 6) is 2.56. The van der Waals surface area contributed by atoms with Gasteiger partial charge in [0.2, 0.25) is 5.82 Å². The second kappa shape index (κ2) is 3.05. The van der Waals surface area contributed by atoms with Gasteiger partial charge in [0.15, 0.2) is 5.76 Å². The molecule has 0 aliphatic carbocycles. The summed E-state index contributed by atoms with van der Waals surface area (Å²) in [5, 5.41) is 6.92. The van der Waals surface area contributed by atoms with Gasteiger partial charge in [0, 0.05) is 5.92 Å². The summed E-state index contributed by atoms with van der Waals surface area (Å²) in [6, 6.07) is 3.66. The number of nitrogens with one attached hydrogen (secondary N) is 1. The Hall–Kier alpha value is -1.58. The molecule has 68 valence electrons. The highest BCUT2D eigenvalue weighted by Gasteiger charge is 2.09. The average Bonchev–Trinajstić information content (AvgIpc) is 2.75. The van der Waals surface area contributed by atoms with Crippen LogP contribution in [0.1, 0.15) is 25.6 Å². The molecule has 0 spiro atoms. The van der Waals surface area contributed by atoms with Crippen molar-refractivity contribution in [2.24, 2.45) is 0 Å². The number of aromatic nitrogens is 3. The molecule has 0 aromatic carbocycles. The van der Waals surface area contributed by atoms with Crippen molar-refractivity contribution in [3.8, 4) is 11.6 Å². The van der Waals surface area contributed by atoms with Gasteiger partial charge in [0.1, 0.15) is 5.82 Å². The fourth-order valence-electron chi connectivity index (χ4n) is 1.05. The molecule has 2 rings (SSSR count). The van der Waals surface area contributed by atoms with Crippen LogP contribution >= 0.6 is 0 Å². The van der Waals surface area contributed by atoms with Crippen molar-refractivity contribution in [3.63, 3.8) is 0 Å². The van der Waals surface area contributed by atoms with Crippen LogP contribution in [0.4, 0.5) is 0 Å². The molecule has 13 heavy (non-hydrogen) atoms. The van der Waals surface area contributed by atoms with Crippen molar-refractivity contribution in [2.75, 3.05) is 0 Å². The number of H-pyrrole nitrogens is 1. The van der Waals surface area contributed by atoms with Gasteiger partial charge in [-0.05, 0) is 12.1 Å². The Kier molecular flexibility index (Phi) is 1.88. The topological polar surface area (TPSA) is 54.7 Å². The first kappa shape index (κ1) is 8.04. The zero-order chi connectivity index (χ0) is 9.26. The first-order valence-corrected chi connectivity index (χ1v) is 4.23.